The fourth-order valence-electron chi connectivity index (χ4n) is 3.25. The normalized spacial score (nSPS) is 17.0. The molecule has 0 radical (unpaired) electrons. The van der Waals surface area contributed by atoms with E-state index in [4.69, 9.17) is 4.74 Å². The van der Waals surface area contributed by atoms with E-state index in [0.29, 0.717) is 12.4 Å². The topological polar surface area (TPSA) is 86.1 Å². The number of benzene rings is 1. The van der Waals surface area contributed by atoms with Crippen molar-refractivity contribution >= 4 is 10.0 Å². The molecule has 1 N–H and O–H groups in total. The summed E-state index contributed by atoms with van der Waals surface area (Å²) in [6, 6.07) is 4.99. The molecule has 0 unspecified atom stereocenters. The SMILES string of the molecule is O=S(=O)(NCc1nnc2n1CCCCC2)c1ccc2c(c1)CCO2. The summed E-state index contributed by atoms with van der Waals surface area (Å²) in [6.45, 7) is 1.62. The van der Waals surface area contributed by atoms with Crippen molar-refractivity contribution in [3.8, 4) is 5.75 Å². The molecule has 0 saturated heterocycles. The summed E-state index contributed by atoms with van der Waals surface area (Å²) < 4.78 is 35.2. The van der Waals surface area contributed by atoms with E-state index >= 15 is 0 Å². The van der Waals surface area contributed by atoms with Gasteiger partial charge in [-0.05, 0) is 36.6 Å². The average molecular weight is 348 g/mol. The van der Waals surface area contributed by atoms with Gasteiger partial charge in [0, 0.05) is 19.4 Å². The van der Waals surface area contributed by atoms with Crippen LogP contribution in [-0.4, -0.2) is 29.8 Å². The number of sulfonamides is 1. The molecule has 1 aromatic heterocycles. The summed E-state index contributed by atoms with van der Waals surface area (Å²) in [4.78, 5) is 0.266. The third kappa shape index (κ3) is 2.91. The molecule has 4 rings (SSSR count). The molecule has 128 valence electrons. The minimum absolute atomic E-state index is 0.156. The maximum Gasteiger partial charge on any atom is 0.240 e. The maximum absolute atomic E-state index is 12.6. The van der Waals surface area contributed by atoms with E-state index in [0.717, 1.165) is 49.4 Å². The van der Waals surface area contributed by atoms with E-state index < -0.39 is 10.0 Å². The number of ether oxygens (including phenoxy) is 1. The first-order valence-electron chi connectivity index (χ1n) is 8.30. The standard InChI is InChI=1S/C16H20N4O3S/c21-24(22,13-5-6-14-12(10-13)7-9-23-14)17-11-16-19-18-15-4-2-1-3-8-20(15)16/h5-6,10,17H,1-4,7-9,11H2. The largest absolute Gasteiger partial charge is 0.493 e. The monoisotopic (exact) mass is 348 g/mol. The maximum atomic E-state index is 12.6. The Balaban J connectivity index is 1.52. The van der Waals surface area contributed by atoms with Crippen LogP contribution in [0.1, 0.15) is 36.5 Å². The smallest absolute Gasteiger partial charge is 0.240 e. The highest BCUT2D eigenvalue weighted by atomic mass is 32.2. The van der Waals surface area contributed by atoms with E-state index in [1.165, 1.54) is 6.42 Å². The molecule has 0 aliphatic carbocycles. The number of nitrogens with zero attached hydrogens (tertiary/aromatic N) is 3. The van der Waals surface area contributed by atoms with Gasteiger partial charge in [0.1, 0.15) is 17.4 Å². The number of hydrogen-bond acceptors (Lipinski definition) is 5. The second-order valence-corrected chi connectivity index (χ2v) is 7.95. The average Bonchev–Trinajstić information content (AvgIpc) is 3.13. The van der Waals surface area contributed by atoms with Crippen LogP contribution in [0.3, 0.4) is 0 Å². The molecule has 24 heavy (non-hydrogen) atoms. The first-order valence-corrected chi connectivity index (χ1v) is 9.78. The second kappa shape index (κ2) is 6.18. The molecule has 0 amide bonds. The quantitative estimate of drug-likeness (QED) is 0.903. The molecule has 0 spiro atoms. The molecular formula is C16H20N4O3S. The molecule has 0 bridgehead atoms. The van der Waals surface area contributed by atoms with Gasteiger partial charge in [-0.15, -0.1) is 10.2 Å². The molecular weight excluding hydrogens is 328 g/mol. The lowest BCUT2D eigenvalue weighted by molar-refractivity contribution is 0.356. The van der Waals surface area contributed by atoms with Crippen LogP contribution in [0.4, 0.5) is 0 Å². The number of aryl methyl sites for hydroxylation is 1. The lowest BCUT2D eigenvalue weighted by atomic mass is 10.2. The Morgan fingerprint density at radius 1 is 1.17 bits per heavy atom. The van der Waals surface area contributed by atoms with Gasteiger partial charge < -0.3 is 9.30 Å². The highest BCUT2D eigenvalue weighted by Crippen LogP contribution is 2.27. The molecule has 7 nitrogen and oxygen atoms in total. The fourth-order valence-corrected chi connectivity index (χ4v) is 4.28. The van der Waals surface area contributed by atoms with Crippen LogP contribution in [0.5, 0.6) is 5.75 Å². The van der Waals surface area contributed by atoms with E-state index in [-0.39, 0.29) is 11.4 Å². The zero-order chi connectivity index (χ0) is 16.6. The van der Waals surface area contributed by atoms with Gasteiger partial charge in [0.25, 0.3) is 0 Å². The summed E-state index contributed by atoms with van der Waals surface area (Å²) >= 11 is 0. The van der Waals surface area contributed by atoms with Gasteiger partial charge in [-0.2, -0.15) is 0 Å². The predicted octanol–water partition coefficient (Wildman–Crippen LogP) is 1.42. The summed E-state index contributed by atoms with van der Waals surface area (Å²) in [5.41, 5.74) is 0.939. The number of nitrogens with one attached hydrogen (secondary N) is 1. The minimum Gasteiger partial charge on any atom is -0.493 e. The van der Waals surface area contributed by atoms with Crippen molar-refractivity contribution in [2.45, 2.75) is 50.1 Å². The van der Waals surface area contributed by atoms with Gasteiger partial charge in [-0.1, -0.05) is 6.42 Å². The lowest BCUT2D eigenvalue weighted by Gasteiger charge is -2.09. The summed E-state index contributed by atoms with van der Waals surface area (Å²) in [7, 11) is -3.58. The third-order valence-corrected chi connectivity index (χ3v) is 5.98. The van der Waals surface area contributed by atoms with E-state index in [9.17, 15) is 8.42 Å². The Labute approximate surface area is 141 Å². The van der Waals surface area contributed by atoms with Crippen molar-refractivity contribution in [2.24, 2.45) is 0 Å². The first kappa shape index (κ1) is 15.6. The lowest BCUT2D eigenvalue weighted by Crippen LogP contribution is -2.25. The van der Waals surface area contributed by atoms with Gasteiger partial charge in [-0.3, -0.25) is 0 Å². The summed E-state index contributed by atoms with van der Waals surface area (Å²) in [6.07, 6.45) is 5.02. The van der Waals surface area contributed by atoms with Crippen molar-refractivity contribution in [1.29, 1.82) is 0 Å². The van der Waals surface area contributed by atoms with Crippen molar-refractivity contribution in [3.63, 3.8) is 0 Å². The second-order valence-electron chi connectivity index (χ2n) is 6.19. The number of hydrogen-bond donors (Lipinski definition) is 1. The molecule has 8 heteroatoms. The number of aromatic nitrogens is 3. The van der Waals surface area contributed by atoms with Crippen molar-refractivity contribution in [3.05, 3.63) is 35.4 Å². The predicted molar refractivity (Wildman–Crippen MR) is 87.2 cm³/mol. The summed E-state index contributed by atoms with van der Waals surface area (Å²) in [5, 5.41) is 8.36. The van der Waals surface area contributed by atoms with E-state index in [1.807, 2.05) is 4.57 Å². The molecule has 1 aromatic carbocycles. The minimum atomic E-state index is -3.58. The molecule has 0 saturated carbocycles. The molecule has 2 aliphatic rings. The van der Waals surface area contributed by atoms with Crippen LogP contribution in [0.25, 0.3) is 0 Å². The van der Waals surface area contributed by atoms with Crippen LogP contribution >= 0.6 is 0 Å². The molecule has 0 atom stereocenters. The van der Waals surface area contributed by atoms with Gasteiger partial charge in [0.05, 0.1) is 18.0 Å². The summed E-state index contributed by atoms with van der Waals surface area (Å²) in [5.74, 6) is 2.41. The highest BCUT2D eigenvalue weighted by molar-refractivity contribution is 7.89. The Morgan fingerprint density at radius 2 is 2.08 bits per heavy atom. The molecule has 2 aromatic rings. The van der Waals surface area contributed by atoms with E-state index in [1.54, 1.807) is 18.2 Å². The zero-order valence-electron chi connectivity index (χ0n) is 13.4. The van der Waals surface area contributed by atoms with Gasteiger partial charge >= 0.3 is 0 Å². The molecule has 3 heterocycles. The van der Waals surface area contributed by atoms with Crippen molar-refractivity contribution < 1.29 is 13.2 Å². The van der Waals surface area contributed by atoms with E-state index in [2.05, 4.69) is 14.9 Å². The molecule has 2 aliphatic heterocycles. The van der Waals surface area contributed by atoms with Crippen molar-refractivity contribution in [1.82, 2.24) is 19.5 Å². The first-order chi connectivity index (χ1) is 11.6. The fraction of sp³-hybridized carbons (Fsp3) is 0.500. The van der Waals surface area contributed by atoms with Crippen LogP contribution in [0.15, 0.2) is 23.1 Å². The Kier molecular flexibility index (Phi) is 4.01. The highest BCUT2D eigenvalue weighted by Gasteiger charge is 2.21. The van der Waals surface area contributed by atoms with Crippen LogP contribution < -0.4 is 9.46 Å². The Bertz CT molecular complexity index is 860. The molecule has 0 fully saturated rings. The Morgan fingerprint density at radius 3 is 3.00 bits per heavy atom. The van der Waals surface area contributed by atoms with Gasteiger partial charge in [0.15, 0.2) is 0 Å². The zero-order valence-corrected chi connectivity index (χ0v) is 14.2. The van der Waals surface area contributed by atoms with Crippen molar-refractivity contribution in [2.75, 3.05) is 6.61 Å². The third-order valence-electron chi connectivity index (χ3n) is 4.58. The van der Waals surface area contributed by atoms with Crippen LogP contribution in [0.2, 0.25) is 0 Å². The number of rotatable bonds is 4. The van der Waals surface area contributed by atoms with Crippen LogP contribution in [0, 0.1) is 0 Å². The van der Waals surface area contributed by atoms with Gasteiger partial charge in [0.2, 0.25) is 10.0 Å². The van der Waals surface area contributed by atoms with Gasteiger partial charge in [-0.25, -0.2) is 13.1 Å². The number of fused-ring (bicyclic) bond motifs is 2. The Hall–Kier alpha value is -1.93. The van der Waals surface area contributed by atoms with Crippen LogP contribution in [-0.2, 0) is 36.0 Å².